The summed E-state index contributed by atoms with van der Waals surface area (Å²) >= 11 is 0. The number of hydrogen-bond donors (Lipinski definition) is 1. The molecule has 15 heavy (non-hydrogen) atoms. The van der Waals surface area contributed by atoms with E-state index >= 15 is 0 Å². The Bertz CT molecular complexity index is 306. The summed E-state index contributed by atoms with van der Waals surface area (Å²) in [5.41, 5.74) is -0.605. The van der Waals surface area contributed by atoms with Crippen LogP contribution in [0.4, 0.5) is 0 Å². The van der Waals surface area contributed by atoms with E-state index in [0.717, 1.165) is 5.06 Å². The molecule has 0 spiro atoms. The third kappa shape index (κ3) is 2.06. The number of hydroxylamine groups is 2. The van der Waals surface area contributed by atoms with E-state index in [1.165, 1.54) is 0 Å². The highest BCUT2D eigenvalue weighted by molar-refractivity contribution is 5.90. The monoisotopic (exact) mass is 211 g/mol. The maximum absolute atomic E-state index is 11.9. The molecule has 0 aromatic rings. The maximum atomic E-state index is 11.9. The van der Waals surface area contributed by atoms with Crippen molar-refractivity contribution in [3.63, 3.8) is 0 Å². The van der Waals surface area contributed by atoms with Gasteiger partial charge in [-0.15, -0.1) is 10.3 Å². The highest BCUT2D eigenvalue weighted by atomic mass is 16.5. The van der Waals surface area contributed by atoms with Crippen LogP contribution in [-0.2, 0) is 10.0 Å². The molecule has 0 aromatic heterocycles. The van der Waals surface area contributed by atoms with Crippen LogP contribution in [0.2, 0.25) is 0 Å². The van der Waals surface area contributed by atoms with Gasteiger partial charge >= 0.3 is 0 Å². The van der Waals surface area contributed by atoms with Crippen molar-refractivity contribution in [1.29, 1.82) is 0 Å². The second-order valence-electron chi connectivity index (χ2n) is 4.92. The minimum absolute atomic E-state index is 0.0386. The first-order chi connectivity index (χ1) is 6.71. The van der Waals surface area contributed by atoms with Crippen molar-refractivity contribution in [3.8, 4) is 0 Å². The second kappa shape index (κ2) is 3.61. The Labute approximate surface area is 90.9 Å². The summed E-state index contributed by atoms with van der Waals surface area (Å²) in [6.45, 7) is 9.05. The zero-order chi connectivity index (χ0) is 11.9. The predicted octanol–water partition coefficient (Wildman–Crippen LogP) is 1.61. The van der Waals surface area contributed by atoms with Crippen LogP contribution in [0, 0.1) is 0 Å². The SMILES string of the molecule is CCC(=O)/C=C1\NC(C)(C)N([O])C1(C)C. The molecular formula is C11H19N2O2. The molecule has 0 aromatic carbocycles. The summed E-state index contributed by atoms with van der Waals surface area (Å²) in [7, 11) is 0. The number of rotatable bonds is 2. The average Bonchev–Trinajstić information content (AvgIpc) is 2.27. The lowest BCUT2D eigenvalue weighted by atomic mass is 10.0. The molecule has 0 unspecified atom stereocenters. The molecule has 0 atom stereocenters. The molecule has 4 nitrogen and oxygen atoms in total. The summed E-state index contributed by atoms with van der Waals surface area (Å²) in [6.07, 6.45) is 2.00. The predicted molar refractivity (Wildman–Crippen MR) is 57.2 cm³/mol. The van der Waals surface area contributed by atoms with Gasteiger partial charge in [-0.2, -0.15) is 0 Å². The lowest BCUT2D eigenvalue weighted by Gasteiger charge is -2.29. The molecule has 0 aliphatic carbocycles. The van der Waals surface area contributed by atoms with Crippen LogP contribution in [0.3, 0.4) is 0 Å². The molecule has 1 radical (unpaired) electrons. The van der Waals surface area contributed by atoms with Crippen LogP contribution >= 0.6 is 0 Å². The molecule has 1 saturated heterocycles. The molecular weight excluding hydrogens is 192 g/mol. The van der Waals surface area contributed by atoms with Gasteiger partial charge in [0, 0.05) is 18.2 Å². The summed E-state index contributed by atoms with van der Waals surface area (Å²) in [6, 6.07) is 0. The Morgan fingerprint density at radius 1 is 1.40 bits per heavy atom. The molecule has 1 aliphatic rings. The van der Waals surface area contributed by atoms with E-state index in [1.807, 2.05) is 13.8 Å². The molecule has 1 fully saturated rings. The topological polar surface area (TPSA) is 52.2 Å². The number of allylic oxidation sites excluding steroid dienone is 1. The van der Waals surface area contributed by atoms with Crippen molar-refractivity contribution in [2.75, 3.05) is 0 Å². The normalized spacial score (nSPS) is 26.7. The van der Waals surface area contributed by atoms with E-state index < -0.39 is 11.2 Å². The van der Waals surface area contributed by atoms with Crippen LogP contribution in [0.25, 0.3) is 0 Å². The Morgan fingerprint density at radius 3 is 2.27 bits per heavy atom. The highest BCUT2D eigenvalue weighted by Crippen LogP contribution is 2.35. The number of nitrogens with one attached hydrogen (secondary N) is 1. The minimum atomic E-state index is -0.658. The molecule has 0 saturated carbocycles. The van der Waals surface area contributed by atoms with Gasteiger partial charge in [-0.05, 0) is 27.7 Å². The fourth-order valence-corrected chi connectivity index (χ4v) is 1.82. The van der Waals surface area contributed by atoms with E-state index in [9.17, 15) is 10.0 Å². The zero-order valence-corrected chi connectivity index (χ0v) is 10.0. The third-order valence-electron chi connectivity index (χ3n) is 2.77. The second-order valence-corrected chi connectivity index (χ2v) is 4.92. The summed E-state index contributed by atoms with van der Waals surface area (Å²) in [4.78, 5) is 11.3. The lowest BCUT2D eigenvalue weighted by molar-refractivity contribution is -0.243. The van der Waals surface area contributed by atoms with Crippen LogP contribution in [-0.4, -0.2) is 22.0 Å². The van der Waals surface area contributed by atoms with Gasteiger partial charge in [-0.1, -0.05) is 6.92 Å². The molecule has 85 valence electrons. The number of carbonyl (C=O) groups is 1. The van der Waals surface area contributed by atoms with Gasteiger partial charge in [0.25, 0.3) is 0 Å². The zero-order valence-electron chi connectivity index (χ0n) is 10.0. The van der Waals surface area contributed by atoms with Crippen LogP contribution < -0.4 is 5.32 Å². The Balaban J connectivity index is 3.04. The van der Waals surface area contributed by atoms with Crippen molar-refractivity contribution in [1.82, 2.24) is 10.4 Å². The Morgan fingerprint density at radius 2 is 1.93 bits per heavy atom. The van der Waals surface area contributed by atoms with E-state index in [0.29, 0.717) is 12.1 Å². The van der Waals surface area contributed by atoms with E-state index in [-0.39, 0.29) is 5.78 Å². The largest absolute Gasteiger partial charge is 0.367 e. The number of ketones is 1. The van der Waals surface area contributed by atoms with Gasteiger partial charge in [0.1, 0.15) is 5.66 Å². The fraction of sp³-hybridized carbons (Fsp3) is 0.727. The molecule has 1 heterocycles. The molecule has 4 heteroatoms. The van der Waals surface area contributed by atoms with Crippen molar-refractivity contribution >= 4 is 5.78 Å². The first-order valence-electron chi connectivity index (χ1n) is 5.22. The van der Waals surface area contributed by atoms with Crippen LogP contribution in [0.1, 0.15) is 41.0 Å². The number of carbonyl (C=O) groups excluding carboxylic acids is 1. The molecule has 1 rings (SSSR count). The van der Waals surface area contributed by atoms with Crippen LogP contribution in [0.15, 0.2) is 11.8 Å². The van der Waals surface area contributed by atoms with Gasteiger partial charge in [-0.3, -0.25) is 4.79 Å². The van der Waals surface area contributed by atoms with Gasteiger partial charge in [0.05, 0.1) is 5.54 Å². The summed E-state index contributed by atoms with van der Waals surface area (Å²) < 4.78 is 0. The Hall–Kier alpha value is -0.870. The van der Waals surface area contributed by atoms with E-state index in [2.05, 4.69) is 5.32 Å². The van der Waals surface area contributed by atoms with Crippen molar-refractivity contribution in [2.24, 2.45) is 0 Å². The fourth-order valence-electron chi connectivity index (χ4n) is 1.82. The number of nitrogens with zero attached hydrogens (tertiary/aromatic N) is 1. The van der Waals surface area contributed by atoms with Gasteiger partial charge in [0.2, 0.25) is 0 Å². The first-order valence-corrected chi connectivity index (χ1v) is 5.22. The lowest BCUT2D eigenvalue weighted by Crippen LogP contribution is -2.47. The van der Waals surface area contributed by atoms with Crippen molar-refractivity contribution in [3.05, 3.63) is 11.8 Å². The highest BCUT2D eigenvalue weighted by Gasteiger charge is 2.49. The quantitative estimate of drug-likeness (QED) is 0.706. The molecule has 1 N–H and O–H groups in total. The van der Waals surface area contributed by atoms with Crippen molar-refractivity contribution < 1.29 is 10.0 Å². The molecule has 0 amide bonds. The average molecular weight is 211 g/mol. The summed E-state index contributed by atoms with van der Waals surface area (Å²) in [5, 5.41) is 16.0. The minimum Gasteiger partial charge on any atom is -0.367 e. The van der Waals surface area contributed by atoms with E-state index in [4.69, 9.17) is 0 Å². The molecule has 0 bridgehead atoms. The first kappa shape index (κ1) is 12.2. The van der Waals surface area contributed by atoms with Gasteiger partial charge in [0.15, 0.2) is 5.78 Å². The van der Waals surface area contributed by atoms with E-state index in [1.54, 1.807) is 26.8 Å². The number of hydrogen-bond acceptors (Lipinski definition) is 3. The summed E-state index contributed by atoms with van der Waals surface area (Å²) in [5.74, 6) is 0.0386. The molecule has 1 aliphatic heterocycles. The smallest absolute Gasteiger partial charge is 0.157 e. The standard InChI is InChI=1S/C11H19N2O2/c1-6-8(14)7-9-10(2,3)13(15)11(4,5)12-9/h7,12H,6H2,1-5H3/b9-7-. The van der Waals surface area contributed by atoms with Gasteiger partial charge < -0.3 is 5.32 Å². The Kier molecular flexibility index (Phi) is 2.94. The van der Waals surface area contributed by atoms with Gasteiger partial charge in [-0.25, -0.2) is 0 Å². The van der Waals surface area contributed by atoms with Crippen LogP contribution in [0.5, 0.6) is 0 Å². The third-order valence-corrected chi connectivity index (χ3v) is 2.77. The maximum Gasteiger partial charge on any atom is 0.157 e. The van der Waals surface area contributed by atoms with Crippen molar-refractivity contribution in [2.45, 2.75) is 52.2 Å².